The van der Waals surface area contributed by atoms with Gasteiger partial charge in [-0.2, -0.15) is 0 Å². The van der Waals surface area contributed by atoms with E-state index in [4.69, 9.17) is 5.73 Å². The Bertz CT molecular complexity index is 602. The third-order valence-electron chi connectivity index (χ3n) is 4.23. The van der Waals surface area contributed by atoms with Gasteiger partial charge in [0.25, 0.3) is 0 Å². The number of hydrogen-bond donors (Lipinski definition) is 1. The second-order valence-electron chi connectivity index (χ2n) is 5.76. The molecule has 1 unspecified atom stereocenters. The zero-order valence-electron chi connectivity index (χ0n) is 12.3. The summed E-state index contributed by atoms with van der Waals surface area (Å²) in [6, 6.07) is 18.4. The van der Waals surface area contributed by atoms with Gasteiger partial charge in [0.05, 0.1) is 0 Å². The highest BCUT2D eigenvalue weighted by atomic mass is 16.1. The van der Waals surface area contributed by atoms with Crippen molar-refractivity contribution in [2.45, 2.75) is 26.7 Å². The SMILES string of the molecule is CC(c1ccccc1-c1ccccc1)C(C)(C)C(N)=O. The van der Waals surface area contributed by atoms with E-state index in [9.17, 15) is 4.79 Å². The van der Waals surface area contributed by atoms with E-state index in [-0.39, 0.29) is 11.8 Å². The normalized spacial score (nSPS) is 12.9. The first-order valence-electron chi connectivity index (χ1n) is 6.89. The van der Waals surface area contributed by atoms with Gasteiger partial charge in [-0.1, -0.05) is 75.4 Å². The van der Waals surface area contributed by atoms with Crippen LogP contribution in [0.1, 0.15) is 32.3 Å². The smallest absolute Gasteiger partial charge is 0.223 e. The lowest BCUT2D eigenvalue weighted by Crippen LogP contribution is -2.36. The van der Waals surface area contributed by atoms with Gasteiger partial charge in [-0.05, 0) is 22.6 Å². The van der Waals surface area contributed by atoms with Crippen LogP contribution in [0.4, 0.5) is 0 Å². The molecule has 0 heterocycles. The number of hydrogen-bond acceptors (Lipinski definition) is 1. The lowest BCUT2D eigenvalue weighted by molar-refractivity contribution is -0.126. The van der Waals surface area contributed by atoms with Gasteiger partial charge in [0, 0.05) is 5.41 Å². The fourth-order valence-electron chi connectivity index (χ4n) is 2.36. The van der Waals surface area contributed by atoms with Gasteiger partial charge in [-0.3, -0.25) is 4.79 Å². The molecule has 0 radical (unpaired) electrons. The van der Waals surface area contributed by atoms with E-state index in [0.717, 1.165) is 16.7 Å². The van der Waals surface area contributed by atoms with E-state index >= 15 is 0 Å². The Morgan fingerprint density at radius 1 is 1.00 bits per heavy atom. The summed E-state index contributed by atoms with van der Waals surface area (Å²) >= 11 is 0. The summed E-state index contributed by atoms with van der Waals surface area (Å²) in [5.41, 5.74) is 8.46. The zero-order valence-corrected chi connectivity index (χ0v) is 12.3. The first kappa shape index (κ1) is 14.3. The largest absolute Gasteiger partial charge is 0.369 e. The minimum Gasteiger partial charge on any atom is -0.369 e. The molecule has 0 bridgehead atoms. The third kappa shape index (κ3) is 2.60. The van der Waals surface area contributed by atoms with Crippen molar-refractivity contribution in [3.63, 3.8) is 0 Å². The van der Waals surface area contributed by atoms with Crippen LogP contribution in [-0.2, 0) is 4.79 Å². The summed E-state index contributed by atoms with van der Waals surface area (Å²) in [6.45, 7) is 5.87. The number of rotatable bonds is 4. The Morgan fingerprint density at radius 2 is 1.55 bits per heavy atom. The van der Waals surface area contributed by atoms with Crippen molar-refractivity contribution in [2.24, 2.45) is 11.1 Å². The van der Waals surface area contributed by atoms with Crippen LogP contribution in [0.25, 0.3) is 11.1 Å². The van der Waals surface area contributed by atoms with Crippen LogP contribution in [0.5, 0.6) is 0 Å². The van der Waals surface area contributed by atoms with Gasteiger partial charge >= 0.3 is 0 Å². The highest BCUT2D eigenvalue weighted by molar-refractivity contribution is 5.82. The van der Waals surface area contributed by atoms with Crippen LogP contribution in [-0.4, -0.2) is 5.91 Å². The van der Waals surface area contributed by atoms with Crippen molar-refractivity contribution in [3.05, 3.63) is 60.2 Å². The van der Waals surface area contributed by atoms with Crippen LogP contribution in [0.15, 0.2) is 54.6 Å². The lowest BCUT2D eigenvalue weighted by Gasteiger charge is -2.30. The maximum atomic E-state index is 11.7. The maximum Gasteiger partial charge on any atom is 0.223 e. The number of primary amides is 1. The Kier molecular flexibility index (Phi) is 3.93. The highest BCUT2D eigenvalue weighted by Gasteiger charge is 2.34. The molecule has 0 aromatic heterocycles. The molecule has 2 nitrogen and oxygen atoms in total. The highest BCUT2D eigenvalue weighted by Crippen LogP contribution is 2.39. The Balaban J connectivity index is 2.51. The molecule has 1 atom stereocenters. The van der Waals surface area contributed by atoms with Crippen LogP contribution in [0, 0.1) is 5.41 Å². The molecule has 1 amide bonds. The summed E-state index contributed by atoms with van der Waals surface area (Å²) in [5.74, 6) is -0.218. The molecule has 2 aromatic rings. The molecule has 0 saturated heterocycles. The predicted molar refractivity (Wildman–Crippen MR) is 83.3 cm³/mol. The first-order valence-corrected chi connectivity index (χ1v) is 6.89. The molecule has 2 heteroatoms. The molecular formula is C18H21NO. The van der Waals surface area contributed by atoms with E-state index in [2.05, 4.69) is 31.2 Å². The van der Waals surface area contributed by atoms with Crippen molar-refractivity contribution in [1.29, 1.82) is 0 Å². The lowest BCUT2D eigenvalue weighted by atomic mass is 9.73. The molecule has 0 aliphatic rings. The van der Waals surface area contributed by atoms with Gasteiger partial charge in [0.15, 0.2) is 0 Å². The van der Waals surface area contributed by atoms with Crippen molar-refractivity contribution >= 4 is 5.91 Å². The van der Waals surface area contributed by atoms with Crippen molar-refractivity contribution in [1.82, 2.24) is 0 Å². The summed E-state index contributed by atoms with van der Waals surface area (Å²) < 4.78 is 0. The Morgan fingerprint density at radius 3 is 2.15 bits per heavy atom. The number of nitrogens with two attached hydrogens (primary N) is 1. The zero-order chi connectivity index (χ0) is 14.8. The molecule has 0 fully saturated rings. The van der Waals surface area contributed by atoms with E-state index in [1.54, 1.807) is 0 Å². The third-order valence-corrected chi connectivity index (χ3v) is 4.23. The van der Waals surface area contributed by atoms with Crippen LogP contribution >= 0.6 is 0 Å². The number of carbonyl (C=O) groups excluding carboxylic acids is 1. The van der Waals surface area contributed by atoms with Crippen molar-refractivity contribution in [2.75, 3.05) is 0 Å². The van der Waals surface area contributed by atoms with Gasteiger partial charge in [0.2, 0.25) is 5.91 Å². The van der Waals surface area contributed by atoms with Crippen LogP contribution in [0.3, 0.4) is 0 Å². The molecule has 2 aromatic carbocycles. The molecular weight excluding hydrogens is 246 g/mol. The molecule has 0 aliphatic carbocycles. The van der Waals surface area contributed by atoms with Gasteiger partial charge in [-0.15, -0.1) is 0 Å². The summed E-state index contributed by atoms with van der Waals surface area (Å²) in [7, 11) is 0. The number of carbonyl (C=O) groups is 1. The Hall–Kier alpha value is -2.09. The van der Waals surface area contributed by atoms with E-state index in [1.807, 2.05) is 44.2 Å². The molecule has 2 N–H and O–H groups in total. The molecule has 0 aliphatic heterocycles. The van der Waals surface area contributed by atoms with Gasteiger partial charge < -0.3 is 5.73 Å². The predicted octanol–water partition coefficient (Wildman–Crippen LogP) is 3.97. The summed E-state index contributed by atoms with van der Waals surface area (Å²) in [4.78, 5) is 11.7. The standard InChI is InChI=1S/C18H21NO/c1-13(18(2,3)17(19)20)15-11-7-8-12-16(15)14-9-5-4-6-10-14/h4-13H,1-3H3,(H2,19,20). The molecule has 104 valence electrons. The van der Waals surface area contributed by atoms with Crippen LogP contribution < -0.4 is 5.73 Å². The maximum absolute atomic E-state index is 11.7. The van der Waals surface area contributed by atoms with Crippen molar-refractivity contribution in [3.8, 4) is 11.1 Å². The molecule has 0 spiro atoms. The van der Waals surface area contributed by atoms with Crippen LogP contribution in [0.2, 0.25) is 0 Å². The molecule has 20 heavy (non-hydrogen) atoms. The second kappa shape index (κ2) is 5.49. The van der Waals surface area contributed by atoms with Gasteiger partial charge in [-0.25, -0.2) is 0 Å². The fraction of sp³-hybridized carbons (Fsp3) is 0.278. The fourth-order valence-corrected chi connectivity index (χ4v) is 2.36. The molecule has 2 rings (SSSR count). The summed E-state index contributed by atoms with van der Waals surface area (Å²) in [6.07, 6.45) is 0. The minimum atomic E-state index is -0.578. The average Bonchev–Trinajstić information content (AvgIpc) is 2.47. The monoisotopic (exact) mass is 267 g/mol. The minimum absolute atomic E-state index is 0.0522. The Labute approximate surface area is 120 Å². The first-order chi connectivity index (χ1) is 9.44. The molecule has 0 saturated carbocycles. The topological polar surface area (TPSA) is 43.1 Å². The quantitative estimate of drug-likeness (QED) is 0.895. The second-order valence-corrected chi connectivity index (χ2v) is 5.76. The van der Waals surface area contributed by atoms with E-state index < -0.39 is 5.41 Å². The summed E-state index contributed by atoms with van der Waals surface area (Å²) in [5, 5.41) is 0. The average molecular weight is 267 g/mol. The van der Waals surface area contributed by atoms with E-state index in [0.29, 0.717) is 0 Å². The number of amides is 1. The van der Waals surface area contributed by atoms with Crippen molar-refractivity contribution < 1.29 is 4.79 Å². The van der Waals surface area contributed by atoms with E-state index in [1.165, 1.54) is 0 Å². The number of benzene rings is 2. The van der Waals surface area contributed by atoms with Gasteiger partial charge in [0.1, 0.15) is 0 Å².